The number of halogens is 1. The Morgan fingerprint density at radius 3 is 2.53 bits per heavy atom. The first-order valence-corrected chi connectivity index (χ1v) is 10.9. The number of ketones is 1. The highest BCUT2D eigenvalue weighted by atomic mass is 35.5. The lowest BCUT2D eigenvalue weighted by Gasteiger charge is -2.27. The molecule has 1 unspecified atom stereocenters. The summed E-state index contributed by atoms with van der Waals surface area (Å²) >= 11 is 6.05. The predicted octanol–water partition coefficient (Wildman–Crippen LogP) is 2.31. The second kappa shape index (κ2) is 9.15. The maximum absolute atomic E-state index is 13.8. The van der Waals surface area contributed by atoms with Crippen molar-refractivity contribution >= 4 is 35.0 Å². The van der Waals surface area contributed by atoms with Crippen LogP contribution in [-0.2, 0) is 20.9 Å². The Labute approximate surface area is 200 Å². The van der Waals surface area contributed by atoms with Gasteiger partial charge in [-0.25, -0.2) is 9.78 Å². The Balaban J connectivity index is 1.91. The monoisotopic (exact) mass is 479 g/mol. The highest BCUT2D eigenvalue weighted by Crippen LogP contribution is 2.41. The summed E-state index contributed by atoms with van der Waals surface area (Å²) in [6, 6.07) is 9.34. The van der Waals surface area contributed by atoms with Crippen molar-refractivity contribution < 1.29 is 29.2 Å². The van der Waals surface area contributed by atoms with Crippen molar-refractivity contribution in [2.45, 2.75) is 26.4 Å². The van der Waals surface area contributed by atoms with Crippen molar-refractivity contribution in [2.24, 2.45) is 0 Å². The fourth-order valence-corrected chi connectivity index (χ4v) is 4.41. The standard InChI is InChI=1S/C25H22ClN3O5/c1-13-18(14(2)28-20(13)25(33)34-3)22(30)19-21(16-6-8-17(26)9-7-16)29(24(32)23(19)31)12-15-5-4-10-27-11-15/h4-11,21,28,30H,12H2,1-3H3. The quantitative estimate of drug-likeness (QED) is 0.261. The van der Waals surface area contributed by atoms with Crippen LogP contribution in [0, 0.1) is 13.8 Å². The number of Topliss-reactive ketones (excluding diaryl/α,β-unsaturated/α-hetero) is 1. The number of carbonyl (C=O) groups is 3. The van der Waals surface area contributed by atoms with E-state index in [4.69, 9.17) is 16.3 Å². The average Bonchev–Trinajstić information content (AvgIpc) is 3.27. The molecule has 1 aromatic carbocycles. The number of carbonyl (C=O) groups excluding carboxylic acids is 3. The van der Waals surface area contributed by atoms with E-state index >= 15 is 0 Å². The zero-order valence-electron chi connectivity index (χ0n) is 18.8. The number of nitrogens with zero attached hydrogens (tertiary/aromatic N) is 1. The lowest BCUT2D eigenvalue weighted by atomic mass is 9.94. The predicted molar refractivity (Wildman–Crippen MR) is 121 cm³/mol. The molecule has 9 heteroatoms. The first-order valence-electron chi connectivity index (χ1n) is 10.5. The number of esters is 1. The minimum atomic E-state index is -0.916. The molecule has 4 rings (SSSR count). The fourth-order valence-electron chi connectivity index (χ4n) is 4.28. The van der Waals surface area contributed by atoms with Gasteiger partial charge in [-0.15, -0.1) is 0 Å². The van der Waals surface area contributed by atoms with Crippen LogP contribution in [-0.4, -0.2) is 34.7 Å². The molecule has 1 atom stereocenters. The molecule has 1 fully saturated rings. The summed E-state index contributed by atoms with van der Waals surface area (Å²) in [5, 5.41) is 14.3. The summed E-state index contributed by atoms with van der Waals surface area (Å²) in [6.45, 7) is 3.34. The van der Waals surface area contributed by atoms with Crippen LogP contribution in [0.2, 0.25) is 5.02 Å². The number of aryl methyl sites for hydroxylation is 1. The number of hydrogen-bond acceptors (Lipinski definition) is 5. The van der Waals surface area contributed by atoms with Crippen LogP contribution in [0.5, 0.6) is 0 Å². The summed E-state index contributed by atoms with van der Waals surface area (Å²) in [5.41, 5.74) is 2.22. The van der Waals surface area contributed by atoms with Crippen LogP contribution in [0.1, 0.15) is 44.5 Å². The van der Waals surface area contributed by atoms with E-state index in [2.05, 4.69) is 9.97 Å². The Morgan fingerprint density at radius 1 is 1.21 bits per heavy atom. The lowest BCUT2D eigenvalue weighted by Crippen LogP contribution is -2.29. The molecular weight excluding hydrogens is 458 g/mol. The van der Waals surface area contributed by atoms with Gasteiger partial charge < -0.3 is 19.7 Å². The van der Waals surface area contributed by atoms with E-state index in [9.17, 15) is 19.5 Å². The largest absolute Gasteiger partial charge is 0.872 e. The van der Waals surface area contributed by atoms with Gasteiger partial charge >= 0.3 is 5.97 Å². The molecule has 3 heterocycles. The van der Waals surface area contributed by atoms with Crippen LogP contribution in [0.4, 0.5) is 0 Å². The minimum Gasteiger partial charge on any atom is -0.872 e. The van der Waals surface area contributed by atoms with Gasteiger partial charge in [-0.1, -0.05) is 29.5 Å². The van der Waals surface area contributed by atoms with Crippen LogP contribution in [0.25, 0.3) is 5.76 Å². The molecule has 1 amide bonds. The second-order valence-corrected chi connectivity index (χ2v) is 8.42. The van der Waals surface area contributed by atoms with Crippen molar-refractivity contribution in [1.29, 1.82) is 0 Å². The van der Waals surface area contributed by atoms with Gasteiger partial charge in [-0.3, -0.25) is 9.59 Å². The molecule has 8 nitrogen and oxygen atoms in total. The second-order valence-electron chi connectivity index (χ2n) is 7.99. The highest BCUT2D eigenvalue weighted by molar-refractivity contribution is 6.46. The van der Waals surface area contributed by atoms with Crippen molar-refractivity contribution in [1.82, 2.24) is 9.88 Å². The molecule has 0 saturated carbocycles. The van der Waals surface area contributed by atoms with Gasteiger partial charge in [0.05, 0.1) is 19.7 Å². The first kappa shape index (κ1) is 23.3. The van der Waals surface area contributed by atoms with Crippen molar-refractivity contribution in [3.05, 3.63) is 93.0 Å². The van der Waals surface area contributed by atoms with Gasteiger partial charge in [0.25, 0.3) is 5.91 Å². The zero-order valence-corrected chi connectivity index (χ0v) is 19.5. The van der Waals surface area contributed by atoms with E-state index < -0.39 is 29.5 Å². The highest BCUT2D eigenvalue weighted by Gasteiger charge is 2.44. The summed E-state index contributed by atoms with van der Waals surface area (Å²) in [7, 11) is 1.24. The summed E-state index contributed by atoms with van der Waals surface area (Å²) in [5.74, 6) is -2.88. The first-order chi connectivity index (χ1) is 16.2. The fraction of sp³-hybridized carbons (Fsp3) is 0.200. The van der Waals surface area contributed by atoms with Crippen LogP contribution >= 0.6 is 11.6 Å². The molecule has 2 aromatic heterocycles. The van der Waals surface area contributed by atoms with Gasteiger partial charge in [0, 0.05) is 27.9 Å². The Kier molecular flexibility index (Phi) is 6.26. The molecule has 0 radical (unpaired) electrons. The molecular formula is C25H22ClN3O5. The minimum absolute atomic E-state index is 0.116. The third-order valence-corrected chi connectivity index (χ3v) is 6.15. The SMILES string of the molecule is COC(=O)c1[nH]c(C)c(C([O-])=C2C(=O)C(=O)N(Cc3ccc[nH+]c3)C2c2ccc(Cl)cc2)c1C. The number of H-pyrrole nitrogens is 2. The topological polar surface area (TPSA) is 117 Å². The normalized spacial score (nSPS) is 17.3. The molecule has 2 N–H and O–H groups in total. The van der Waals surface area contributed by atoms with E-state index in [0.717, 1.165) is 5.56 Å². The van der Waals surface area contributed by atoms with Gasteiger partial charge in [0.2, 0.25) is 5.78 Å². The number of likely N-dealkylation sites (tertiary alicyclic amines) is 1. The van der Waals surface area contributed by atoms with E-state index in [-0.39, 0.29) is 23.4 Å². The van der Waals surface area contributed by atoms with Gasteiger partial charge in [0.1, 0.15) is 5.69 Å². The Bertz CT molecular complexity index is 1310. The molecule has 3 aromatic rings. The van der Waals surface area contributed by atoms with E-state index in [1.807, 2.05) is 6.07 Å². The summed E-state index contributed by atoms with van der Waals surface area (Å²) in [4.78, 5) is 45.6. The number of nitrogens with one attached hydrogen (secondary N) is 2. The summed E-state index contributed by atoms with van der Waals surface area (Å²) < 4.78 is 4.78. The maximum Gasteiger partial charge on any atom is 0.354 e. The Hall–Kier alpha value is -3.91. The molecule has 0 bridgehead atoms. The van der Waals surface area contributed by atoms with E-state index in [0.29, 0.717) is 21.8 Å². The van der Waals surface area contributed by atoms with Crippen molar-refractivity contribution in [3.8, 4) is 0 Å². The summed E-state index contributed by atoms with van der Waals surface area (Å²) in [6.07, 6.45) is 3.45. The maximum atomic E-state index is 13.8. The van der Waals surface area contributed by atoms with Crippen LogP contribution in [0.3, 0.4) is 0 Å². The van der Waals surface area contributed by atoms with Gasteiger partial charge in [-0.05, 0) is 48.7 Å². The number of ether oxygens (including phenoxy) is 1. The number of benzene rings is 1. The number of rotatable bonds is 5. The molecule has 0 spiro atoms. The molecule has 1 aliphatic rings. The number of methoxy groups -OCH3 is 1. The van der Waals surface area contributed by atoms with Gasteiger partial charge in [0.15, 0.2) is 12.4 Å². The molecule has 34 heavy (non-hydrogen) atoms. The molecule has 174 valence electrons. The molecule has 1 saturated heterocycles. The number of hydrogen-bond donors (Lipinski definition) is 1. The van der Waals surface area contributed by atoms with Crippen molar-refractivity contribution in [3.63, 3.8) is 0 Å². The third-order valence-electron chi connectivity index (χ3n) is 5.89. The van der Waals surface area contributed by atoms with E-state index in [1.54, 1.807) is 56.6 Å². The number of aromatic nitrogens is 2. The molecule has 1 aliphatic heterocycles. The molecule has 0 aliphatic carbocycles. The number of amides is 1. The Morgan fingerprint density at radius 2 is 1.91 bits per heavy atom. The smallest absolute Gasteiger partial charge is 0.354 e. The lowest BCUT2D eigenvalue weighted by molar-refractivity contribution is -0.378. The number of aromatic amines is 2. The average molecular weight is 480 g/mol. The third kappa shape index (κ3) is 3.97. The van der Waals surface area contributed by atoms with Gasteiger partial charge in [-0.2, -0.15) is 0 Å². The van der Waals surface area contributed by atoms with E-state index in [1.165, 1.54) is 12.0 Å². The zero-order chi connectivity index (χ0) is 24.6. The number of pyridine rings is 1. The van der Waals surface area contributed by atoms with Crippen LogP contribution < -0.4 is 10.1 Å². The van der Waals surface area contributed by atoms with Crippen LogP contribution in [0.15, 0.2) is 54.4 Å². The van der Waals surface area contributed by atoms with Crippen molar-refractivity contribution in [2.75, 3.05) is 7.11 Å².